The van der Waals surface area contributed by atoms with Crippen molar-refractivity contribution in [1.82, 2.24) is 10.0 Å². The molecule has 1 aromatic rings. The normalized spacial score (nSPS) is 18.1. The van der Waals surface area contributed by atoms with Crippen molar-refractivity contribution in [1.29, 1.82) is 0 Å². The first kappa shape index (κ1) is 17.9. The molecule has 0 aliphatic heterocycles. The Kier molecular flexibility index (Phi) is 5.77. The molecule has 2 rings (SSSR count). The molecule has 1 aliphatic rings. The summed E-state index contributed by atoms with van der Waals surface area (Å²) in [5.41, 5.74) is -1.29. The molecule has 1 fully saturated rings. The number of nitrogens with one attached hydrogen (secondary N) is 2. The molecular formula is C14H20N2O5S2. The third-order valence-electron chi connectivity index (χ3n) is 3.93. The monoisotopic (exact) mass is 360 g/mol. The Morgan fingerprint density at radius 3 is 2.39 bits per heavy atom. The lowest BCUT2D eigenvalue weighted by Crippen LogP contribution is -2.56. The summed E-state index contributed by atoms with van der Waals surface area (Å²) < 4.78 is 26.2. The van der Waals surface area contributed by atoms with E-state index < -0.39 is 34.0 Å². The average Bonchev–Trinajstić information content (AvgIpc) is 2.94. The van der Waals surface area contributed by atoms with Crippen molar-refractivity contribution in [2.24, 2.45) is 0 Å². The highest BCUT2D eigenvalue weighted by atomic mass is 32.2. The molecule has 7 nitrogen and oxygen atoms in total. The summed E-state index contributed by atoms with van der Waals surface area (Å²) in [6.07, 6.45) is 4.07. The summed E-state index contributed by atoms with van der Waals surface area (Å²) in [5, 5.41) is 13.6. The number of carboxylic acids is 1. The molecule has 23 heavy (non-hydrogen) atoms. The van der Waals surface area contributed by atoms with E-state index in [1.807, 2.05) is 0 Å². The molecule has 9 heteroatoms. The number of carboxylic acid groups (broad SMARTS) is 1. The zero-order valence-corrected chi connectivity index (χ0v) is 14.2. The quantitative estimate of drug-likeness (QED) is 0.662. The number of hydrogen-bond acceptors (Lipinski definition) is 5. The second kappa shape index (κ2) is 7.41. The molecule has 0 atom stereocenters. The summed E-state index contributed by atoms with van der Waals surface area (Å²) in [6, 6.07) is 3.04. The highest BCUT2D eigenvalue weighted by molar-refractivity contribution is 7.91. The number of carbonyl (C=O) groups is 2. The predicted octanol–water partition coefficient (Wildman–Crippen LogP) is 1.32. The van der Waals surface area contributed by atoms with Crippen LogP contribution >= 0.6 is 11.3 Å². The highest BCUT2D eigenvalue weighted by Gasteiger charge is 2.40. The van der Waals surface area contributed by atoms with Crippen LogP contribution in [0.2, 0.25) is 0 Å². The molecule has 128 valence electrons. The van der Waals surface area contributed by atoms with E-state index >= 15 is 0 Å². The van der Waals surface area contributed by atoms with Crippen LogP contribution in [0.4, 0.5) is 0 Å². The fourth-order valence-electron chi connectivity index (χ4n) is 2.68. The lowest BCUT2D eigenvalue weighted by atomic mass is 9.90. The summed E-state index contributed by atoms with van der Waals surface area (Å²) in [5.74, 6) is -1.69. The first-order chi connectivity index (χ1) is 10.9. The number of amides is 1. The Morgan fingerprint density at radius 1 is 1.22 bits per heavy atom. The van der Waals surface area contributed by atoms with E-state index in [1.54, 1.807) is 11.4 Å². The number of carbonyl (C=O) groups excluding carboxylic acids is 1. The van der Waals surface area contributed by atoms with Crippen LogP contribution in [-0.4, -0.2) is 37.5 Å². The summed E-state index contributed by atoms with van der Waals surface area (Å²) >= 11 is 1.05. The molecule has 1 aliphatic carbocycles. The van der Waals surface area contributed by atoms with E-state index in [0.717, 1.165) is 37.0 Å². The van der Waals surface area contributed by atoms with Gasteiger partial charge in [-0.15, -0.1) is 11.3 Å². The number of aliphatic carboxylic acids is 1. The molecule has 0 radical (unpaired) electrons. The van der Waals surface area contributed by atoms with Crippen LogP contribution in [0.15, 0.2) is 21.7 Å². The van der Waals surface area contributed by atoms with Crippen molar-refractivity contribution in [3.05, 3.63) is 17.5 Å². The van der Waals surface area contributed by atoms with Gasteiger partial charge in [-0.3, -0.25) is 4.79 Å². The summed E-state index contributed by atoms with van der Waals surface area (Å²) in [4.78, 5) is 23.7. The first-order valence-corrected chi connectivity index (χ1v) is 9.80. The fourth-order valence-corrected chi connectivity index (χ4v) is 4.70. The van der Waals surface area contributed by atoms with Gasteiger partial charge in [0.2, 0.25) is 5.91 Å². The van der Waals surface area contributed by atoms with Crippen molar-refractivity contribution in [3.63, 3.8) is 0 Å². The van der Waals surface area contributed by atoms with E-state index in [4.69, 9.17) is 0 Å². The van der Waals surface area contributed by atoms with Crippen LogP contribution in [0.5, 0.6) is 0 Å². The molecule has 0 spiro atoms. The standard InChI is InChI=1S/C14H20N2O5S2/c17-11(10-15-23(20,21)12-6-5-9-22-12)16-14(13(18)19)7-3-1-2-4-8-14/h5-6,9,15H,1-4,7-8,10H2,(H,16,17)(H,18,19). The first-order valence-electron chi connectivity index (χ1n) is 7.43. The third kappa shape index (κ3) is 4.52. The summed E-state index contributed by atoms with van der Waals surface area (Å²) in [6.45, 7) is -0.477. The second-order valence-corrected chi connectivity index (χ2v) is 8.55. The molecule has 0 bridgehead atoms. The summed E-state index contributed by atoms with van der Waals surface area (Å²) in [7, 11) is -3.74. The smallest absolute Gasteiger partial charge is 0.329 e. The van der Waals surface area contributed by atoms with Gasteiger partial charge < -0.3 is 10.4 Å². The van der Waals surface area contributed by atoms with E-state index in [2.05, 4.69) is 10.0 Å². The largest absolute Gasteiger partial charge is 0.480 e. The van der Waals surface area contributed by atoms with Crippen LogP contribution in [-0.2, 0) is 19.6 Å². The van der Waals surface area contributed by atoms with Gasteiger partial charge >= 0.3 is 5.97 Å². The molecule has 3 N–H and O–H groups in total. The van der Waals surface area contributed by atoms with Gasteiger partial charge in [-0.2, -0.15) is 0 Å². The zero-order valence-electron chi connectivity index (χ0n) is 12.6. The Labute approximate surface area is 139 Å². The van der Waals surface area contributed by atoms with Gasteiger partial charge in [0.1, 0.15) is 9.75 Å². The van der Waals surface area contributed by atoms with Crippen molar-refractivity contribution < 1.29 is 23.1 Å². The molecule has 1 amide bonds. The van der Waals surface area contributed by atoms with Gasteiger partial charge in [0.15, 0.2) is 0 Å². The third-order valence-corrected chi connectivity index (χ3v) is 6.73. The molecule has 0 saturated heterocycles. The van der Waals surface area contributed by atoms with Crippen LogP contribution < -0.4 is 10.0 Å². The van der Waals surface area contributed by atoms with E-state index in [-0.39, 0.29) is 4.21 Å². The minimum absolute atomic E-state index is 0.118. The fraction of sp³-hybridized carbons (Fsp3) is 0.571. The predicted molar refractivity (Wildman–Crippen MR) is 85.7 cm³/mol. The molecule has 1 heterocycles. The van der Waals surface area contributed by atoms with E-state index in [9.17, 15) is 23.1 Å². The maximum absolute atomic E-state index is 12.1. The maximum atomic E-state index is 12.1. The zero-order chi connectivity index (χ0) is 16.9. The number of rotatable bonds is 6. The Bertz CT molecular complexity index is 647. The van der Waals surface area contributed by atoms with Crippen molar-refractivity contribution in [2.45, 2.75) is 48.3 Å². The van der Waals surface area contributed by atoms with Gasteiger partial charge in [0.05, 0.1) is 6.54 Å². The number of thiophene rings is 1. The Morgan fingerprint density at radius 2 is 1.87 bits per heavy atom. The molecule has 0 unspecified atom stereocenters. The SMILES string of the molecule is O=C(CNS(=O)(=O)c1cccs1)NC1(C(=O)O)CCCCCC1. The maximum Gasteiger partial charge on any atom is 0.329 e. The molecular weight excluding hydrogens is 340 g/mol. The number of hydrogen-bond donors (Lipinski definition) is 3. The number of sulfonamides is 1. The van der Waals surface area contributed by atoms with E-state index in [1.165, 1.54) is 6.07 Å². The van der Waals surface area contributed by atoms with Gasteiger partial charge in [-0.25, -0.2) is 17.9 Å². The molecule has 1 saturated carbocycles. The highest BCUT2D eigenvalue weighted by Crippen LogP contribution is 2.27. The van der Waals surface area contributed by atoms with Crippen LogP contribution in [0.1, 0.15) is 38.5 Å². The second-order valence-electron chi connectivity index (χ2n) is 5.61. The van der Waals surface area contributed by atoms with Crippen molar-refractivity contribution in [3.8, 4) is 0 Å². The topological polar surface area (TPSA) is 113 Å². The van der Waals surface area contributed by atoms with Crippen LogP contribution in [0.3, 0.4) is 0 Å². The van der Waals surface area contributed by atoms with Gasteiger partial charge in [0, 0.05) is 0 Å². The van der Waals surface area contributed by atoms with Crippen molar-refractivity contribution in [2.75, 3.05) is 6.54 Å². The Hall–Kier alpha value is -1.45. The van der Waals surface area contributed by atoms with Gasteiger partial charge in [-0.1, -0.05) is 31.7 Å². The van der Waals surface area contributed by atoms with Crippen LogP contribution in [0.25, 0.3) is 0 Å². The van der Waals surface area contributed by atoms with Crippen LogP contribution in [0, 0.1) is 0 Å². The molecule has 1 aromatic heterocycles. The van der Waals surface area contributed by atoms with Gasteiger partial charge in [-0.05, 0) is 24.3 Å². The lowest BCUT2D eigenvalue weighted by Gasteiger charge is -2.29. The minimum atomic E-state index is -3.74. The lowest BCUT2D eigenvalue weighted by molar-refractivity contribution is -0.148. The average molecular weight is 360 g/mol. The van der Waals surface area contributed by atoms with Crippen molar-refractivity contribution >= 4 is 33.2 Å². The molecule has 0 aromatic carbocycles. The minimum Gasteiger partial charge on any atom is -0.480 e. The Balaban J connectivity index is 1.98. The van der Waals surface area contributed by atoms with Gasteiger partial charge in [0.25, 0.3) is 10.0 Å². The van der Waals surface area contributed by atoms with E-state index in [0.29, 0.717) is 12.8 Å².